The van der Waals surface area contributed by atoms with Crippen molar-refractivity contribution in [2.75, 3.05) is 0 Å². The minimum Gasteiger partial charge on any atom is -0.327 e. The molecule has 0 aliphatic heterocycles. The fourth-order valence-corrected chi connectivity index (χ4v) is 2.71. The molecule has 0 spiro atoms. The van der Waals surface area contributed by atoms with Crippen LogP contribution in [0.25, 0.3) is 0 Å². The number of hydrogen-bond acceptors (Lipinski definition) is 4. The van der Waals surface area contributed by atoms with Crippen molar-refractivity contribution in [3.05, 3.63) is 30.0 Å². The van der Waals surface area contributed by atoms with E-state index >= 15 is 0 Å². The first kappa shape index (κ1) is 16.0. The fourth-order valence-electron chi connectivity index (χ4n) is 2.03. The molecule has 2 heterocycles. The lowest BCUT2D eigenvalue weighted by Crippen LogP contribution is -2.07. The van der Waals surface area contributed by atoms with E-state index in [2.05, 4.69) is 10.1 Å². The first-order valence-corrected chi connectivity index (χ1v) is 9.05. The summed E-state index contributed by atoms with van der Waals surface area (Å²) in [5.41, 5.74) is 0.849. The highest BCUT2D eigenvalue weighted by Crippen LogP contribution is 2.21. The monoisotopic (exact) mass is 330 g/mol. The zero-order valence-corrected chi connectivity index (χ0v) is 14.1. The summed E-state index contributed by atoms with van der Waals surface area (Å²) in [5, 5.41) is 4.35. The normalized spacial score (nSPS) is 12.5. The topological polar surface area (TPSA) is 69.8 Å². The molecule has 2 rings (SSSR count). The maximum atomic E-state index is 11.4. The fraction of sp³-hybridized carbons (Fsp3) is 0.538. The Bertz CT molecular complexity index is 731. The lowest BCUT2D eigenvalue weighted by atomic mass is 10.2. The van der Waals surface area contributed by atoms with Crippen molar-refractivity contribution < 1.29 is 8.42 Å². The van der Waals surface area contributed by atoms with Gasteiger partial charge >= 0.3 is 0 Å². The van der Waals surface area contributed by atoms with E-state index in [1.54, 1.807) is 4.57 Å². The highest BCUT2D eigenvalue weighted by molar-refractivity contribution is 8.13. The van der Waals surface area contributed by atoms with Crippen LogP contribution in [-0.4, -0.2) is 27.7 Å². The minimum atomic E-state index is -3.82. The Balaban J connectivity index is 2.36. The summed E-state index contributed by atoms with van der Waals surface area (Å²) in [6.07, 6.45) is 3.37. The van der Waals surface area contributed by atoms with E-state index < -0.39 is 9.05 Å². The molecule has 8 heteroatoms. The van der Waals surface area contributed by atoms with Crippen LogP contribution in [0.4, 0.5) is 0 Å². The predicted molar refractivity (Wildman–Crippen MR) is 81.1 cm³/mol. The van der Waals surface area contributed by atoms with Gasteiger partial charge in [0.1, 0.15) is 5.82 Å². The second kappa shape index (κ2) is 5.81. The average molecular weight is 331 g/mol. The molecule has 0 aliphatic rings. The number of nitrogens with zero attached hydrogens (tertiary/aromatic N) is 4. The van der Waals surface area contributed by atoms with Gasteiger partial charge in [0, 0.05) is 35.0 Å². The molecule has 0 amide bonds. The molecule has 0 atom stereocenters. The van der Waals surface area contributed by atoms with Gasteiger partial charge in [0.25, 0.3) is 9.05 Å². The van der Waals surface area contributed by atoms with Gasteiger partial charge in [0.2, 0.25) is 0 Å². The molecule has 116 valence electrons. The number of hydrogen-bond donors (Lipinski definition) is 0. The van der Waals surface area contributed by atoms with Crippen LogP contribution in [0.5, 0.6) is 0 Å². The highest BCUT2D eigenvalue weighted by atomic mass is 35.7. The van der Waals surface area contributed by atoms with E-state index in [1.165, 1.54) is 6.20 Å². The number of halogens is 1. The smallest absolute Gasteiger partial charge is 0.280 e. The second-order valence-electron chi connectivity index (χ2n) is 5.54. The standard InChI is InChI=1S/C13H19ClN4O2S/c1-9(2)13-15-12(21(14,19)20)8-17(13)7-11-5-6-18(16-11)10(3)4/h5-6,8-10H,7H2,1-4H3. The summed E-state index contributed by atoms with van der Waals surface area (Å²) in [6.45, 7) is 8.47. The Morgan fingerprint density at radius 3 is 2.43 bits per heavy atom. The van der Waals surface area contributed by atoms with Crippen LogP contribution in [0, 0.1) is 0 Å². The molecule has 2 aromatic heterocycles. The van der Waals surface area contributed by atoms with Gasteiger partial charge in [0.15, 0.2) is 5.03 Å². The molecule has 0 saturated heterocycles. The van der Waals surface area contributed by atoms with Crippen LogP contribution in [0.1, 0.15) is 51.2 Å². The lowest BCUT2D eigenvalue weighted by Gasteiger charge is -2.08. The molecule has 2 aromatic rings. The zero-order valence-electron chi connectivity index (χ0n) is 12.5. The van der Waals surface area contributed by atoms with Gasteiger partial charge in [-0.3, -0.25) is 4.68 Å². The van der Waals surface area contributed by atoms with Gasteiger partial charge in [0.05, 0.1) is 12.2 Å². The summed E-state index contributed by atoms with van der Waals surface area (Å²) in [5.74, 6) is 0.762. The van der Waals surface area contributed by atoms with Gasteiger partial charge < -0.3 is 4.57 Å². The molecular weight excluding hydrogens is 312 g/mol. The molecule has 0 unspecified atom stereocenters. The van der Waals surface area contributed by atoms with Crippen LogP contribution >= 0.6 is 10.7 Å². The van der Waals surface area contributed by atoms with E-state index in [0.717, 1.165) is 5.69 Å². The van der Waals surface area contributed by atoms with Crippen molar-refractivity contribution in [3.8, 4) is 0 Å². The highest BCUT2D eigenvalue weighted by Gasteiger charge is 2.20. The number of imidazole rings is 1. The van der Waals surface area contributed by atoms with Crippen molar-refractivity contribution in [3.63, 3.8) is 0 Å². The Labute approximate surface area is 129 Å². The molecule has 0 aliphatic carbocycles. The lowest BCUT2D eigenvalue weighted by molar-refractivity contribution is 0.522. The van der Waals surface area contributed by atoms with E-state index in [1.807, 2.05) is 44.6 Å². The van der Waals surface area contributed by atoms with E-state index in [9.17, 15) is 8.42 Å². The predicted octanol–water partition coefficient (Wildman–Crippen LogP) is 2.76. The third kappa shape index (κ3) is 3.65. The summed E-state index contributed by atoms with van der Waals surface area (Å²) in [6, 6.07) is 2.20. The van der Waals surface area contributed by atoms with Crippen molar-refractivity contribution in [2.24, 2.45) is 0 Å². The Kier molecular flexibility index (Phi) is 4.43. The van der Waals surface area contributed by atoms with E-state index in [0.29, 0.717) is 12.4 Å². The van der Waals surface area contributed by atoms with Crippen LogP contribution < -0.4 is 0 Å². The van der Waals surface area contributed by atoms with E-state index in [-0.39, 0.29) is 17.0 Å². The van der Waals surface area contributed by atoms with Crippen molar-refractivity contribution in [1.29, 1.82) is 0 Å². The third-order valence-corrected chi connectivity index (χ3v) is 4.25. The number of aromatic nitrogens is 4. The molecule has 0 saturated carbocycles. The van der Waals surface area contributed by atoms with Crippen LogP contribution in [0.15, 0.2) is 23.5 Å². The third-order valence-electron chi connectivity index (χ3n) is 3.08. The Hall–Kier alpha value is -1.34. The first-order chi connectivity index (χ1) is 9.68. The van der Waals surface area contributed by atoms with Crippen LogP contribution in [0.2, 0.25) is 0 Å². The molecular formula is C13H19ClN4O2S. The van der Waals surface area contributed by atoms with Gasteiger partial charge in [-0.15, -0.1) is 0 Å². The largest absolute Gasteiger partial charge is 0.327 e. The molecule has 21 heavy (non-hydrogen) atoms. The quantitative estimate of drug-likeness (QED) is 0.790. The summed E-state index contributed by atoms with van der Waals surface area (Å²) in [7, 11) is 1.55. The van der Waals surface area contributed by atoms with Gasteiger partial charge in [-0.1, -0.05) is 13.8 Å². The minimum absolute atomic E-state index is 0.0874. The van der Waals surface area contributed by atoms with Gasteiger partial charge in [-0.05, 0) is 19.9 Å². The van der Waals surface area contributed by atoms with Gasteiger partial charge in [-0.25, -0.2) is 13.4 Å². The Morgan fingerprint density at radius 2 is 1.95 bits per heavy atom. The SMILES string of the molecule is CC(C)c1nc(S(=O)(=O)Cl)cn1Cc1ccn(C(C)C)n1. The number of rotatable bonds is 5. The first-order valence-electron chi connectivity index (χ1n) is 6.74. The molecule has 0 N–H and O–H groups in total. The molecule has 6 nitrogen and oxygen atoms in total. The summed E-state index contributed by atoms with van der Waals surface area (Å²) < 4.78 is 26.5. The summed E-state index contributed by atoms with van der Waals surface area (Å²) >= 11 is 0. The maximum absolute atomic E-state index is 11.4. The maximum Gasteiger partial charge on any atom is 0.280 e. The molecule has 0 aromatic carbocycles. The Morgan fingerprint density at radius 1 is 1.29 bits per heavy atom. The molecule has 0 radical (unpaired) electrons. The van der Waals surface area contributed by atoms with Crippen LogP contribution in [-0.2, 0) is 15.6 Å². The average Bonchev–Trinajstić information content (AvgIpc) is 2.95. The van der Waals surface area contributed by atoms with Gasteiger partial charge in [-0.2, -0.15) is 5.10 Å². The summed E-state index contributed by atoms with van der Waals surface area (Å²) in [4.78, 5) is 4.13. The second-order valence-corrected chi connectivity index (χ2v) is 8.05. The molecule has 0 bridgehead atoms. The van der Waals surface area contributed by atoms with E-state index in [4.69, 9.17) is 10.7 Å². The van der Waals surface area contributed by atoms with Crippen molar-refractivity contribution in [1.82, 2.24) is 19.3 Å². The van der Waals surface area contributed by atoms with Crippen LogP contribution in [0.3, 0.4) is 0 Å². The van der Waals surface area contributed by atoms with Crippen molar-refractivity contribution in [2.45, 2.75) is 51.2 Å². The zero-order chi connectivity index (χ0) is 15.8. The van der Waals surface area contributed by atoms with Crippen molar-refractivity contribution >= 4 is 19.7 Å². The molecule has 0 fully saturated rings.